The largest absolute Gasteiger partial charge is 0.355 e. The minimum absolute atomic E-state index is 0.0384. The smallest absolute Gasteiger partial charge is 0.236 e. The van der Waals surface area contributed by atoms with E-state index in [0.29, 0.717) is 6.04 Å². The lowest BCUT2D eigenvalue weighted by Gasteiger charge is -2.14. The van der Waals surface area contributed by atoms with Crippen LogP contribution in [0.4, 0.5) is 0 Å². The molecule has 3 heteroatoms. The average molecular weight is 240 g/mol. The fourth-order valence-corrected chi connectivity index (χ4v) is 2.28. The quantitative estimate of drug-likeness (QED) is 0.608. The van der Waals surface area contributed by atoms with Gasteiger partial charge in [0.2, 0.25) is 5.91 Å². The summed E-state index contributed by atoms with van der Waals surface area (Å²) < 4.78 is 0. The van der Waals surface area contributed by atoms with Crippen LogP contribution in [0.2, 0.25) is 0 Å². The Labute approximate surface area is 106 Å². The van der Waals surface area contributed by atoms with Crippen molar-refractivity contribution >= 4 is 5.91 Å². The van der Waals surface area contributed by atoms with Gasteiger partial charge in [0.15, 0.2) is 0 Å². The van der Waals surface area contributed by atoms with E-state index in [4.69, 9.17) is 0 Å². The fraction of sp³-hybridized carbons (Fsp3) is 0.929. The molecule has 2 N–H and O–H groups in total. The zero-order chi connectivity index (χ0) is 12.7. The molecule has 3 nitrogen and oxygen atoms in total. The minimum atomic E-state index is -0.0384. The van der Waals surface area contributed by atoms with Gasteiger partial charge >= 0.3 is 0 Å². The SMILES string of the molecule is CCCCCNC(=O)C(C)NC1CC1CCC. The van der Waals surface area contributed by atoms with Crippen LogP contribution in [-0.4, -0.2) is 24.5 Å². The van der Waals surface area contributed by atoms with Gasteiger partial charge in [0, 0.05) is 12.6 Å². The highest BCUT2D eigenvalue weighted by Gasteiger charge is 2.37. The topological polar surface area (TPSA) is 41.1 Å². The molecule has 1 aliphatic carbocycles. The molecule has 1 aliphatic rings. The molecular formula is C14H28N2O. The van der Waals surface area contributed by atoms with Crippen LogP contribution in [0, 0.1) is 5.92 Å². The summed E-state index contributed by atoms with van der Waals surface area (Å²) in [5, 5.41) is 6.41. The molecule has 3 atom stereocenters. The molecule has 1 rings (SSSR count). The van der Waals surface area contributed by atoms with Crippen LogP contribution in [0.1, 0.15) is 59.3 Å². The summed E-state index contributed by atoms with van der Waals surface area (Å²) in [5.41, 5.74) is 0. The zero-order valence-electron chi connectivity index (χ0n) is 11.6. The van der Waals surface area contributed by atoms with Crippen LogP contribution in [0.3, 0.4) is 0 Å². The first-order valence-corrected chi connectivity index (χ1v) is 7.22. The van der Waals surface area contributed by atoms with Crippen LogP contribution in [0.25, 0.3) is 0 Å². The minimum Gasteiger partial charge on any atom is -0.355 e. The number of carbonyl (C=O) groups excluding carboxylic acids is 1. The molecule has 100 valence electrons. The Morgan fingerprint density at radius 3 is 2.71 bits per heavy atom. The monoisotopic (exact) mass is 240 g/mol. The molecular weight excluding hydrogens is 212 g/mol. The number of unbranched alkanes of at least 4 members (excludes halogenated alkanes) is 2. The van der Waals surface area contributed by atoms with Crippen molar-refractivity contribution in [3.8, 4) is 0 Å². The van der Waals surface area contributed by atoms with Crippen molar-refractivity contribution in [3.63, 3.8) is 0 Å². The van der Waals surface area contributed by atoms with Crippen molar-refractivity contribution in [1.29, 1.82) is 0 Å². The maximum atomic E-state index is 11.8. The second-order valence-electron chi connectivity index (χ2n) is 5.28. The summed E-state index contributed by atoms with van der Waals surface area (Å²) in [4.78, 5) is 11.8. The zero-order valence-corrected chi connectivity index (χ0v) is 11.6. The Kier molecular flexibility index (Phi) is 6.56. The molecule has 0 radical (unpaired) electrons. The Hall–Kier alpha value is -0.570. The van der Waals surface area contributed by atoms with E-state index in [1.165, 1.54) is 32.1 Å². The maximum absolute atomic E-state index is 11.8. The lowest BCUT2D eigenvalue weighted by atomic mass is 10.2. The predicted octanol–water partition coefficient (Wildman–Crippen LogP) is 2.46. The average Bonchev–Trinajstić information content (AvgIpc) is 3.03. The summed E-state index contributed by atoms with van der Waals surface area (Å²) in [6.07, 6.45) is 7.29. The molecule has 0 aliphatic heterocycles. The summed E-state index contributed by atoms with van der Waals surface area (Å²) in [6, 6.07) is 0.551. The van der Waals surface area contributed by atoms with Crippen molar-refractivity contribution < 1.29 is 4.79 Å². The van der Waals surface area contributed by atoms with Gasteiger partial charge < -0.3 is 10.6 Å². The molecule has 0 bridgehead atoms. The van der Waals surface area contributed by atoms with E-state index in [9.17, 15) is 4.79 Å². The second kappa shape index (κ2) is 7.70. The highest BCUT2D eigenvalue weighted by atomic mass is 16.2. The molecule has 1 amide bonds. The lowest BCUT2D eigenvalue weighted by Crippen LogP contribution is -2.43. The molecule has 0 aromatic rings. The van der Waals surface area contributed by atoms with Crippen molar-refractivity contribution in [3.05, 3.63) is 0 Å². The van der Waals surface area contributed by atoms with E-state index in [-0.39, 0.29) is 11.9 Å². The first-order chi connectivity index (χ1) is 8.19. The molecule has 0 saturated heterocycles. The van der Waals surface area contributed by atoms with Crippen molar-refractivity contribution in [2.75, 3.05) is 6.54 Å². The van der Waals surface area contributed by atoms with E-state index < -0.39 is 0 Å². The van der Waals surface area contributed by atoms with Crippen LogP contribution in [0.15, 0.2) is 0 Å². The Morgan fingerprint density at radius 2 is 2.06 bits per heavy atom. The van der Waals surface area contributed by atoms with E-state index in [2.05, 4.69) is 24.5 Å². The van der Waals surface area contributed by atoms with Crippen LogP contribution >= 0.6 is 0 Å². The van der Waals surface area contributed by atoms with Gasteiger partial charge in [0.25, 0.3) is 0 Å². The van der Waals surface area contributed by atoms with Crippen LogP contribution < -0.4 is 10.6 Å². The lowest BCUT2D eigenvalue weighted by molar-refractivity contribution is -0.122. The summed E-state index contributed by atoms with van der Waals surface area (Å²) >= 11 is 0. The number of amides is 1. The molecule has 3 unspecified atom stereocenters. The summed E-state index contributed by atoms with van der Waals surface area (Å²) in [6.45, 7) is 7.18. The molecule has 0 spiro atoms. The highest BCUT2D eigenvalue weighted by molar-refractivity contribution is 5.81. The molecule has 0 heterocycles. The molecule has 0 aromatic heterocycles. The van der Waals surface area contributed by atoms with Gasteiger partial charge in [-0.05, 0) is 32.1 Å². The maximum Gasteiger partial charge on any atom is 0.236 e. The predicted molar refractivity (Wildman–Crippen MR) is 71.9 cm³/mol. The third-order valence-corrected chi connectivity index (χ3v) is 3.52. The van der Waals surface area contributed by atoms with Crippen molar-refractivity contribution in [2.45, 2.75) is 71.4 Å². The second-order valence-corrected chi connectivity index (χ2v) is 5.28. The third-order valence-electron chi connectivity index (χ3n) is 3.52. The molecule has 1 fully saturated rings. The summed E-state index contributed by atoms with van der Waals surface area (Å²) in [5.74, 6) is 0.971. The van der Waals surface area contributed by atoms with Gasteiger partial charge in [-0.15, -0.1) is 0 Å². The van der Waals surface area contributed by atoms with Gasteiger partial charge in [-0.25, -0.2) is 0 Å². The Bertz CT molecular complexity index is 230. The summed E-state index contributed by atoms with van der Waals surface area (Å²) in [7, 11) is 0. The van der Waals surface area contributed by atoms with Gasteiger partial charge in [0.05, 0.1) is 6.04 Å². The van der Waals surface area contributed by atoms with Gasteiger partial charge in [-0.1, -0.05) is 33.1 Å². The molecule has 1 saturated carbocycles. The fourth-order valence-electron chi connectivity index (χ4n) is 2.28. The highest BCUT2D eigenvalue weighted by Crippen LogP contribution is 2.34. The van der Waals surface area contributed by atoms with E-state index >= 15 is 0 Å². The van der Waals surface area contributed by atoms with Crippen molar-refractivity contribution in [1.82, 2.24) is 10.6 Å². The standard InChI is InChI=1S/C14H28N2O/c1-4-6-7-9-15-14(17)11(3)16-13-10-12(13)8-5-2/h11-13,16H,4-10H2,1-3H3,(H,15,17). The number of hydrogen-bond donors (Lipinski definition) is 2. The van der Waals surface area contributed by atoms with Crippen LogP contribution in [0.5, 0.6) is 0 Å². The molecule has 17 heavy (non-hydrogen) atoms. The third kappa shape index (κ3) is 5.53. The Balaban J connectivity index is 2.07. The number of carbonyl (C=O) groups is 1. The van der Waals surface area contributed by atoms with Crippen LogP contribution in [-0.2, 0) is 4.79 Å². The first kappa shape index (κ1) is 14.5. The van der Waals surface area contributed by atoms with Gasteiger partial charge in [0.1, 0.15) is 0 Å². The van der Waals surface area contributed by atoms with E-state index in [1.54, 1.807) is 0 Å². The number of rotatable bonds is 9. The van der Waals surface area contributed by atoms with E-state index in [0.717, 1.165) is 18.9 Å². The first-order valence-electron chi connectivity index (χ1n) is 7.22. The molecule has 0 aromatic carbocycles. The normalized spacial score (nSPS) is 24.4. The Morgan fingerprint density at radius 1 is 1.29 bits per heavy atom. The van der Waals surface area contributed by atoms with Gasteiger partial charge in [-0.2, -0.15) is 0 Å². The van der Waals surface area contributed by atoms with Gasteiger partial charge in [-0.3, -0.25) is 4.79 Å². The van der Waals surface area contributed by atoms with E-state index in [1.807, 2.05) is 6.92 Å². The van der Waals surface area contributed by atoms with Crippen molar-refractivity contribution in [2.24, 2.45) is 5.92 Å². The number of nitrogens with one attached hydrogen (secondary N) is 2. The number of hydrogen-bond acceptors (Lipinski definition) is 2.